The van der Waals surface area contributed by atoms with Crippen molar-refractivity contribution in [3.63, 3.8) is 0 Å². The van der Waals surface area contributed by atoms with Crippen molar-refractivity contribution in [2.75, 3.05) is 31.7 Å². The largest absolute Gasteiger partial charge is 0.383 e. The first kappa shape index (κ1) is 13.9. The lowest BCUT2D eigenvalue weighted by molar-refractivity contribution is 0.204. The summed E-state index contributed by atoms with van der Waals surface area (Å²) >= 11 is 0. The van der Waals surface area contributed by atoms with E-state index >= 15 is 0 Å². The number of hydrogen-bond acceptors (Lipinski definition) is 5. The van der Waals surface area contributed by atoms with Gasteiger partial charge in [-0.2, -0.15) is 4.98 Å². The molecule has 8 heteroatoms. The van der Waals surface area contributed by atoms with E-state index in [4.69, 9.17) is 4.74 Å². The van der Waals surface area contributed by atoms with Crippen molar-refractivity contribution in [1.82, 2.24) is 18.7 Å². The molecule has 0 bridgehead atoms. The van der Waals surface area contributed by atoms with Crippen LogP contribution in [0.4, 0.5) is 5.95 Å². The zero-order chi connectivity index (χ0) is 15.1. The number of fused-ring (bicyclic) bond motifs is 3. The lowest BCUT2D eigenvalue weighted by Crippen LogP contribution is -2.38. The highest BCUT2D eigenvalue weighted by Gasteiger charge is 2.25. The molecule has 0 saturated heterocycles. The predicted molar refractivity (Wildman–Crippen MR) is 78.9 cm³/mol. The zero-order valence-electron chi connectivity index (χ0n) is 12.5. The van der Waals surface area contributed by atoms with Crippen LogP contribution >= 0.6 is 0 Å². The van der Waals surface area contributed by atoms with E-state index in [2.05, 4.69) is 9.88 Å². The number of anilines is 1. The number of aromatic nitrogens is 4. The zero-order valence-corrected chi connectivity index (χ0v) is 12.5. The van der Waals surface area contributed by atoms with E-state index in [1.54, 1.807) is 14.2 Å². The second kappa shape index (κ2) is 5.03. The molecule has 21 heavy (non-hydrogen) atoms. The summed E-state index contributed by atoms with van der Waals surface area (Å²) in [5.41, 5.74) is 0.297. The van der Waals surface area contributed by atoms with Gasteiger partial charge in [-0.1, -0.05) is 0 Å². The van der Waals surface area contributed by atoms with Crippen LogP contribution in [0.5, 0.6) is 0 Å². The molecule has 2 aromatic rings. The number of imidazole rings is 1. The number of nitrogens with zero attached hydrogens (tertiary/aromatic N) is 5. The highest BCUT2D eigenvalue weighted by molar-refractivity contribution is 5.74. The molecule has 3 rings (SSSR count). The number of methoxy groups -OCH3 is 1. The van der Waals surface area contributed by atoms with Crippen LogP contribution in [0.15, 0.2) is 9.59 Å². The number of rotatable bonds is 3. The standard InChI is InChI=1S/C13H19N5O3/c1-15-10-9(11(19)16(2)13(15)20)18-6-4-5-17(7-8-21-3)12(18)14-10/h4-8H2,1-3H3. The summed E-state index contributed by atoms with van der Waals surface area (Å²) in [4.78, 5) is 31.0. The van der Waals surface area contributed by atoms with Gasteiger partial charge in [0.25, 0.3) is 5.56 Å². The predicted octanol–water partition coefficient (Wildman–Crippen LogP) is -0.710. The van der Waals surface area contributed by atoms with E-state index in [0.29, 0.717) is 24.3 Å². The van der Waals surface area contributed by atoms with Gasteiger partial charge < -0.3 is 14.2 Å². The van der Waals surface area contributed by atoms with E-state index < -0.39 is 0 Å². The molecule has 1 aliphatic heterocycles. The molecule has 2 aromatic heterocycles. The van der Waals surface area contributed by atoms with E-state index in [-0.39, 0.29) is 11.2 Å². The summed E-state index contributed by atoms with van der Waals surface area (Å²) in [6.07, 6.45) is 0.939. The van der Waals surface area contributed by atoms with E-state index in [0.717, 1.165) is 30.0 Å². The summed E-state index contributed by atoms with van der Waals surface area (Å²) in [6, 6.07) is 0. The van der Waals surface area contributed by atoms with Gasteiger partial charge in [0.1, 0.15) is 0 Å². The smallest absolute Gasteiger partial charge is 0.332 e. The summed E-state index contributed by atoms with van der Waals surface area (Å²) in [5, 5.41) is 0. The van der Waals surface area contributed by atoms with Crippen LogP contribution in [-0.2, 0) is 25.4 Å². The number of ether oxygens (including phenoxy) is 1. The van der Waals surface area contributed by atoms with Crippen molar-refractivity contribution < 1.29 is 4.74 Å². The summed E-state index contributed by atoms with van der Waals surface area (Å²) < 4.78 is 9.59. The molecule has 0 atom stereocenters. The molecule has 3 heterocycles. The summed E-state index contributed by atoms with van der Waals surface area (Å²) in [7, 11) is 4.80. The minimum Gasteiger partial charge on any atom is -0.383 e. The number of hydrogen-bond donors (Lipinski definition) is 0. The van der Waals surface area contributed by atoms with Crippen molar-refractivity contribution in [3.05, 3.63) is 20.8 Å². The highest BCUT2D eigenvalue weighted by Crippen LogP contribution is 2.23. The molecule has 0 N–H and O–H groups in total. The van der Waals surface area contributed by atoms with Crippen molar-refractivity contribution in [2.24, 2.45) is 14.1 Å². The molecule has 0 unspecified atom stereocenters. The van der Waals surface area contributed by atoms with Gasteiger partial charge in [0.2, 0.25) is 5.95 Å². The Hall–Kier alpha value is -2.09. The maximum Gasteiger partial charge on any atom is 0.332 e. The molecular weight excluding hydrogens is 274 g/mol. The van der Waals surface area contributed by atoms with Gasteiger partial charge in [0.05, 0.1) is 6.61 Å². The second-order valence-electron chi connectivity index (χ2n) is 5.27. The average Bonchev–Trinajstić information content (AvgIpc) is 2.89. The molecule has 1 aliphatic rings. The molecule has 0 amide bonds. The minimum absolute atomic E-state index is 0.291. The Morgan fingerprint density at radius 1 is 1.19 bits per heavy atom. The third kappa shape index (κ3) is 1.98. The average molecular weight is 293 g/mol. The summed E-state index contributed by atoms with van der Waals surface area (Å²) in [5.74, 6) is 0.742. The third-order valence-corrected chi connectivity index (χ3v) is 3.99. The maximum absolute atomic E-state index is 12.4. The SMILES string of the molecule is COCCN1CCCn2c1nc1c2c(=O)n(C)c(=O)n1C. The highest BCUT2D eigenvalue weighted by atomic mass is 16.5. The van der Waals surface area contributed by atoms with Crippen LogP contribution in [-0.4, -0.2) is 45.5 Å². The van der Waals surface area contributed by atoms with Gasteiger partial charge in [-0.15, -0.1) is 0 Å². The van der Waals surface area contributed by atoms with Gasteiger partial charge in [0.15, 0.2) is 11.2 Å². The molecule has 8 nitrogen and oxygen atoms in total. The topological polar surface area (TPSA) is 74.3 Å². The fourth-order valence-corrected chi connectivity index (χ4v) is 2.82. The van der Waals surface area contributed by atoms with Crippen molar-refractivity contribution >= 4 is 17.1 Å². The van der Waals surface area contributed by atoms with Crippen LogP contribution in [0.3, 0.4) is 0 Å². The molecule has 0 saturated carbocycles. The lowest BCUT2D eigenvalue weighted by Gasteiger charge is -2.28. The maximum atomic E-state index is 12.4. The monoisotopic (exact) mass is 293 g/mol. The van der Waals surface area contributed by atoms with Gasteiger partial charge in [-0.25, -0.2) is 4.79 Å². The van der Waals surface area contributed by atoms with Crippen LogP contribution in [0.1, 0.15) is 6.42 Å². The second-order valence-corrected chi connectivity index (χ2v) is 5.27. The first-order valence-corrected chi connectivity index (χ1v) is 6.96. The molecule has 0 aromatic carbocycles. The van der Waals surface area contributed by atoms with Crippen LogP contribution < -0.4 is 16.1 Å². The molecule has 0 aliphatic carbocycles. The van der Waals surface area contributed by atoms with Crippen molar-refractivity contribution in [2.45, 2.75) is 13.0 Å². The van der Waals surface area contributed by atoms with E-state index in [9.17, 15) is 9.59 Å². The van der Waals surface area contributed by atoms with Crippen molar-refractivity contribution in [1.29, 1.82) is 0 Å². The van der Waals surface area contributed by atoms with Crippen molar-refractivity contribution in [3.8, 4) is 0 Å². The Bertz CT molecular complexity index is 801. The number of aryl methyl sites for hydroxylation is 2. The van der Waals surface area contributed by atoms with Crippen LogP contribution in [0, 0.1) is 0 Å². The Kier molecular flexibility index (Phi) is 3.32. The molecule has 0 spiro atoms. The fourth-order valence-electron chi connectivity index (χ4n) is 2.82. The molecular formula is C13H19N5O3. The quantitative estimate of drug-likeness (QED) is 0.747. The van der Waals surface area contributed by atoms with Gasteiger partial charge in [-0.05, 0) is 6.42 Å². The van der Waals surface area contributed by atoms with Gasteiger partial charge in [-0.3, -0.25) is 13.9 Å². The van der Waals surface area contributed by atoms with Crippen LogP contribution in [0.25, 0.3) is 11.2 Å². The molecule has 114 valence electrons. The fraction of sp³-hybridized carbons (Fsp3) is 0.615. The normalized spacial score (nSPS) is 14.7. The Labute approximate surface area is 121 Å². The van der Waals surface area contributed by atoms with E-state index in [1.165, 1.54) is 11.6 Å². The summed E-state index contributed by atoms with van der Waals surface area (Å²) in [6.45, 7) is 2.93. The first-order chi connectivity index (χ1) is 10.1. The Balaban J connectivity index is 2.26. The first-order valence-electron chi connectivity index (χ1n) is 6.96. The molecule has 0 radical (unpaired) electrons. The minimum atomic E-state index is -0.355. The Morgan fingerprint density at radius 3 is 2.67 bits per heavy atom. The Morgan fingerprint density at radius 2 is 1.95 bits per heavy atom. The van der Waals surface area contributed by atoms with Gasteiger partial charge >= 0.3 is 5.69 Å². The van der Waals surface area contributed by atoms with Gasteiger partial charge in [0, 0.05) is 40.8 Å². The third-order valence-electron chi connectivity index (χ3n) is 3.99. The van der Waals surface area contributed by atoms with E-state index in [1.807, 2.05) is 4.57 Å². The lowest BCUT2D eigenvalue weighted by atomic mass is 10.3. The molecule has 0 fully saturated rings. The van der Waals surface area contributed by atoms with Crippen LogP contribution in [0.2, 0.25) is 0 Å².